The summed E-state index contributed by atoms with van der Waals surface area (Å²) < 4.78 is 5.16. The Balaban J connectivity index is 1.91. The second-order valence-corrected chi connectivity index (χ2v) is 6.89. The van der Waals surface area contributed by atoms with E-state index in [0.717, 1.165) is 16.7 Å². The second-order valence-electron chi connectivity index (χ2n) is 6.46. The van der Waals surface area contributed by atoms with Gasteiger partial charge < -0.3 is 4.74 Å². The molecule has 1 aliphatic carbocycles. The van der Waals surface area contributed by atoms with Crippen molar-refractivity contribution >= 4 is 29.4 Å². The molecule has 3 nitrogen and oxygen atoms in total. The Morgan fingerprint density at radius 1 is 1.11 bits per heavy atom. The standard InChI is InChI=1S/C23H21ClO3/c1-2-27-23(26)22-20(18-10-12-19(24)13-11-18)14-17(15-21(22)25)9-8-16-6-4-3-5-7-16/h3-13,15,20,22H,2,14H2,1H3/b9-8+/t20-,22+/m0/s1. The molecular weight excluding hydrogens is 360 g/mol. The van der Waals surface area contributed by atoms with Gasteiger partial charge in [-0.25, -0.2) is 0 Å². The number of allylic oxidation sites excluding steroid dienone is 3. The molecule has 0 saturated heterocycles. The van der Waals surface area contributed by atoms with Gasteiger partial charge in [0.05, 0.1) is 6.61 Å². The van der Waals surface area contributed by atoms with Crippen LogP contribution in [-0.4, -0.2) is 18.4 Å². The van der Waals surface area contributed by atoms with Crippen LogP contribution in [0.3, 0.4) is 0 Å². The summed E-state index contributed by atoms with van der Waals surface area (Å²) in [5.74, 6) is -1.77. The molecular formula is C23H21ClO3. The number of ether oxygens (including phenoxy) is 1. The van der Waals surface area contributed by atoms with E-state index in [1.165, 1.54) is 0 Å². The molecule has 0 spiro atoms. The lowest BCUT2D eigenvalue weighted by molar-refractivity contribution is -0.151. The third kappa shape index (κ3) is 4.75. The van der Waals surface area contributed by atoms with Gasteiger partial charge in [0.1, 0.15) is 5.92 Å². The maximum atomic E-state index is 12.7. The van der Waals surface area contributed by atoms with Crippen molar-refractivity contribution in [1.29, 1.82) is 0 Å². The van der Waals surface area contributed by atoms with E-state index in [0.29, 0.717) is 11.4 Å². The molecule has 1 aliphatic rings. The quantitative estimate of drug-likeness (QED) is 0.528. The smallest absolute Gasteiger partial charge is 0.317 e. The zero-order valence-electron chi connectivity index (χ0n) is 15.1. The lowest BCUT2D eigenvalue weighted by Gasteiger charge is -2.28. The molecule has 4 heteroatoms. The Morgan fingerprint density at radius 3 is 2.48 bits per heavy atom. The third-order valence-corrected chi connectivity index (χ3v) is 4.87. The van der Waals surface area contributed by atoms with Crippen LogP contribution in [0.15, 0.2) is 72.3 Å². The molecule has 0 radical (unpaired) electrons. The van der Waals surface area contributed by atoms with E-state index >= 15 is 0 Å². The maximum absolute atomic E-state index is 12.7. The molecule has 0 heterocycles. The molecule has 0 unspecified atom stereocenters. The van der Waals surface area contributed by atoms with Gasteiger partial charge in [0.25, 0.3) is 0 Å². The van der Waals surface area contributed by atoms with Crippen LogP contribution in [0.5, 0.6) is 0 Å². The van der Waals surface area contributed by atoms with Gasteiger partial charge in [0.2, 0.25) is 0 Å². The second kappa shape index (κ2) is 8.83. The van der Waals surface area contributed by atoms with Crippen LogP contribution in [-0.2, 0) is 14.3 Å². The molecule has 138 valence electrons. The fourth-order valence-electron chi connectivity index (χ4n) is 3.32. The maximum Gasteiger partial charge on any atom is 0.317 e. The first-order valence-corrected chi connectivity index (χ1v) is 9.36. The van der Waals surface area contributed by atoms with E-state index in [2.05, 4.69) is 0 Å². The van der Waals surface area contributed by atoms with Crippen LogP contribution in [0, 0.1) is 5.92 Å². The van der Waals surface area contributed by atoms with Crippen LogP contribution >= 0.6 is 11.6 Å². The van der Waals surface area contributed by atoms with Crippen molar-refractivity contribution in [3.05, 3.63) is 88.5 Å². The number of hydrogen-bond donors (Lipinski definition) is 0. The average Bonchev–Trinajstić information content (AvgIpc) is 2.67. The molecule has 0 amide bonds. The van der Waals surface area contributed by atoms with Gasteiger partial charge in [-0.15, -0.1) is 0 Å². The lowest BCUT2D eigenvalue weighted by atomic mass is 9.75. The van der Waals surface area contributed by atoms with Crippen molar-refractivity contribution in [3.63, 3.8) is 0 Å². The Labute approximate surface area is 164 Å². The lowest BCUT2D eigenvalue weighted by Crippen LogP contribution is -2.34. The summed E-state index contributed by atoms with van der Waals surface area (Å²) in [4.78, 5) is 25.2. The number of hydrogen-bond acceptors (Lipinski definition) is 3. The summed E-state index contributed by atoms with van der Waals surface area (Å²) in [7, 11) is 0. The molecule has 0 bridgehead atoms. The van der Waals surface area contributed by atoms with Gasteiger partial charge in [0.15, 0.2) is 5.78 Å². The van der Waals surface area contributed by atoms with Gasteiger partial charge in [-0.3, -0.25) is 9.59 Å². The molecule has 0 fully saturated rings. The van der Waals surface area contributed by atoms with Crippen molar-refractivity contribution in [2.45, 2.75) is 19.3 Å². The number of benzene rings is 2. The van der Waals surface area contributed by atoms with Crippen molar-refractivity contribution < 1.29 is 14.3 Å². The fraction of sp³-hybridized carbons (Fsp3) is 0.217. The minimum atomic E-state index is -0.819. The predicted octanol–water partition coefficient (Wildman–Crippen LogP) is 5.22. The molecule has 27 heavy (non-hydrogen) atoms. The van der Waals surface area contributed by atoms with Crippen molar-refractivity contribution in [3.8, 4) is 0 Å². The number of esters is 1. The summed E-state index contributed by atoms with van der Waals surface area (Å²) in [5, 5.41) is 0.619. The first-order valence-electron chi connectivity index (χ1n) is 8.98. The van der Waals surface area contributed by atoms with E-state index in [4.69, 9.17) is 16.3 Å². The van der Waals surface area contributed by atoms with Gasteiger partial charge in [-0.05, 0) is 48.3 Å². The number of halogens is 1. The van der Waals surface area contributed by atoms with Gasteiger partial charge in [-0.1, -0.05) is 66.2 Å². The number of ketones is 1. The highest BCUT2D eigenvalue weighted by Crippen LogP contribution is 2.37. The summed E-state index contributed by atoms with van der Waals surface area (Å²) in [5.41, 5.74) is 2.86. The van der Waals surface area contributed by atoms with E-state index in [1.54, 1.807) is 25.1 Å². The highest BCUT2D eigenvalue weighted by molar-refractivity contribution is 6.30. The SMILES string of the molecule is CCOC(=O)[C@H]1C(=O)C=C(/C=C/c2ccccc2)C[C@H]1c1ccc(Cl)cc1. The van der Waals surface area contributed by atoms with Crippen LogP contribution in [0.25, 0.3) is 6.08 Å². The molecule has 0 saturated carbocycles. The van der Waals surface area contributed by atoms with E-state index < -0.39 is 11.9 Å². The molecule has 0 N–H and O–H groups in total. The Kier molecular flexibility index (Phi) is 6.25. The molecule has 2 aromatic rings. The summed E-state index contributed by atoms with van der Waals surface area (Å²) in [6.07, 6.45) is 6.06. The molecule has 0 aliphatic heterocycles. The van der Waals surface area contributed by atoms with Crippen molar-refractivity contribution in [2.75, 3.05) is 6.61 Å². The van der Waals surface area contributed by atoms with Gasteiger partial charge >= 0.3 is 5.97 Å². The monoisotopic (exact) mass is 380 g/mol. The van der Waals surface area contributed by atoms with Crippen LogP contribution in [0.4, 0.5) is 0 Å². The third-order valence-electron chi connectivity index (χ3n) is 4.62. The first-order chi connectivity index (χ1) is 13.1. The molecule has 3 rings (SSSR count). The van der Waals surface area contributed by atoms with Crippen LogP contribution in [0.2, 0.25) is 5.02 Å². The van der Waals surface area contributed by atoms with E-state index in [9.17, 15) is 9.59 Å². The largest absolute Gasteiger partial charge is 0.465 e. The van der Waals surface area contributed by atoms with Crippen molar-refractivity contribution in [2.24, 2.45) is 5.92 Å². The fourth-order valence-corrected chi connectivity index (χ4v) is 3.44. The van der Waals surface area contributed by atoms with E-state index in [-0.39, 0.29) is 18.3 Å². The minimum Gasteiger partial charge on any atom is -0.465 e. The van der Waals surface area contributed by atoms with Crippen LogP contribution in [0.1, 0.15) is 30.4 Å². The summed E-state index contributed by atoms with van der Waals surface area (Å²) in [6.45, 7) is 1.99. The molecule has 2 atom stereocenters. The number of carbonyl (C=O) groups excluding carboxylic acids is 2. The zero-order valence-corrected chi connectivity index (χ0v) is 15.9. The molecule has 2 aromatic carbocycles. The van der Waals surface area contributed by atoms with Crippen molar-refractivity contribution in [1.82, 2.24) is 0 Å². The highest BCUT2D eigenvalue weighted by atomic mass is 35.5. The molecule has 0 aromatic heterocycles. The average molecular weight is 381 g/mol. The summed E-state index contributed by atoms with van der Waals surface area (Å²) >= 11 is 5.99. The predicted molar refractivity (Wildman–Crippen MR) is 107 cm³/mol. The Bertz CT molecular complexity index is 866. The van der Waals surface area contributed by atoms with E-state index in [1.807, 2.05) is 54.6 Å². The zero-order chi connectivity index (χ0) is 19.2. The first kappa shape index (κ1) is 19.1. The number of rotatable bonds is 5. The highest BCUT2D eigenvalue weighted by Gasteiger charge is 2.39. The Hall–Kier alpha value is -2.65. The summed E-state index contributed by atoms with van der Waals surface area (Å²) in [6, 6.07) is 17.2. The number of carbonyl (C=O) groups is 2. The normalized spacial score (nSPS) is 19.8. The topological polar surface area (TPSA) is 43.4 Å². The Morgan fingerprint density at radius 2 is 1.81 bits per heavy atom. The van der Waals surface area contributed by atoms with Gasteiger partial charge in [0, 0.05) is 10.9 Å². The minimum absolute atomic E-state index is 0.215. The van der Waals surface area contributed by atoms with Gasteiger partial charge in [-0.2, -0.15) is 0 Å². The van der Waals surface area contributed by atoms with Crippen LogP contribution < -0.4 is 0 Å².